The van der Waals surface area contributed by atoms with Crippen LogP contribution in [0.3, 0.4) is 0 Å². The Hall–Kier alpha value is -1.26. The predicted octanol–water partition coefficient (Wildman–Crippen LogP) is 3.84. The molecule has 2 atom stereocenters. The number of benzene rings is 1. The van der Waals surface area contributed by atoms with Crippen LogP contribution in [0, 0.1) is 31.6 Å². The normalized spacial score (nSPS) is 15.4. The average Bonchev–Trinajstić information content (AvgIpc) is 2.24. The molecule has 0 aliphatic heterocycles. The van der Waals surface area contributed by atoms with Gasteiger partial charge in [0.1, 0.15) is 5.60 Å². The SMILES string of the molecule is CCC(C)CC(C)(O)C#Cc1cc(C)cc(C)c1. The van der Waals surface area contributed by atoms with Crippen molar-refractivity contribution in [2.75, 3.05) is 0 Å². The molecule has 0 fully saturated rings. The molecule has 1 nitrogen and oxygen atoms in total. The molecule has 2 unspecified atom stereocenters. The summed E-state index contributed by atoms with van der Waals surface area (Å²) in [6, 6.07) is 6.24. The summed E-state index contributed by atoms with van der Waals surface area (Å²) in [5.41, 5.74) is 2.51. The quantitative estimate of drug-likeness (QED) is 0.801. The smallest absolute Gasteiger partial charge is 0.123 e. The van der Waals surface area contributed by atoms with Gasteiger partial charge in [-0.25, -0.2) is 0 Å². The average molecular weight is 244 g/mol. The highest BCUT2D eigenvalue weighted by molar-refractivity contribution is 5.41. The van der Waals surface area contributed by atoms with Gasteiger partial charge in [-0.05, 0) is 56.4 Å². The summed E-state index contributed by atoms with van der Waals surface area (Å²) in [6.07, 6.45) is 1.79. The fourth-order valence-electron chi connectivity index (χ4n) is 2.13. The molecule has 0 heterocycles. The molecule has 1 heteroatoms. The first-order valence-electron chi connectivity index (χ1n) is 6.66. The Bertz CT molecular complexity index is 440. The molecular weight excluding hydrogens is 220 g/mol. The zero-order chi connectivity index (χ0) is 13.8. The highest BCUT2D eigenvalue weighted by Gasteiger charge is 2.19. The van der Waals surface area contributed by atoms with E-state index in [1.165, 1.54) is 11.1 Å². The Morgan fingerprint density at radius 2 is 1.78 bits per heavy atom. The van der Waals surface area contributed by atoms with Crippen LogP contribution in [0.2, 0.25) is 0 Å². The molecule has 0 aliphatic rings. The van der Waals surface area contributed by atoms with Crippen molar-refractivity contribution >= 4 is 0 Å². The fraction of sp³-hybridized carbons (Fsp3) is 0.529. The van der Waals surface area contributed by atoms with Crippen molar-refractivity contribution in [1.29, 1.82) is 0 Å². The first kappa shape index (κ1) is 14.8. The second kappa shape index (κ2) is 6.07. The first-order valence-corrected chi connectivity index (χ1v) is 6.66. The number of hydrogen-bond acceptors (Lipinski definition) is 1. The summed E-state index contributed by atoms with van der Waals surface area (Å²) in [4.78, 5) is 0. The molecule has 1 aromatic carbocycles. The summed E-state index contributed by atoms with van der Waals surface area (Å²) in [5, 5.41) is 10.2. The molecule has 0 aromatic heterocycles. The van der Waals surface area contributed by atoms with Gasteiger partial charge in [0.15, 0.2) is 0 Å². The zero-order valence-electron chi connectivity index (χ0n) is 12.2. The van der Waals surface area contributed by atoms with Crippen molar-refractivity contribution < 1.29 is 5.11 Å². The van der Waals surface area contributed by atoms with Gasteiger partial charge < -0.3 is 5.11 Å². The minimum absolute atomic E-state index is 0.494. The monoisotopic (exact) mass is 244 g/mol. The van der Waals surface area contributed by atoms with Crippen molar-refractivity contribution in [3.63, 3.8) is 0 Å². The van der Waals surface area contributed by atoms with E-state index in [0.717, 1.165) is 18.4 Å². The Balaban J connectivity index is 2.86. The molecule has 0 saturated carbocycles. The van der Waals surface area contributed by atoms with Crippen molar-refractivity contribution in [3.05, 3.63) is 34.9 Å². The summed E-state index contributed by atoms with van der Waals surface area (Å²) in [5.74, 6) is 6.59. The lowest BCUT2D eigenvalue weighted by Gasteiger charge is -2.20. The van der Waals surface area contributed by atoms with Gasteiger partial charge in [-0.15, -0.1) is 0 Å². The van der Waals surface area contributed by atoms with E-state index in [2.05, 4.69) is 57.7 Å². The standard InChI is InChI=1S/C17H24O/c1-6-13(2)12-17(5,18)8-7-16-10-14(3)9-15(4)11-16/h9-11,13,18H,6,12H2,1-5H3. The first-order chi connectivity index (χ1) is 8.32. The third-order valence-electron chi connectivity index (χ3n) is 3.14. The molecule has 98 valence electrons. The zero-order valence-corrected chi connectivity index (χ0v) is 12.2. The third-order valence-corrected chi connectivity index (χ3v) is 3.14. The summed E-state index contributed by atoms with van der Waals surface area (Å²) in [7, 11) is 0. The fourth-order valence-corrected chi connectivity index (χ4v) is 2.13. The van der Waals surface area contributed by atoms with Gasteiger partial charge in [-0.2, -0.15) is 0 Å². The molecule has 18 heavy (non-hydrogen) atoms. The van der Waals surface area contributed by atoms with Crippen molar-refractivity contribution in [1.82, 2.24) is 0 Å². The van der Waals surface area contributed by atoms with Gasteiger partial charge in [0.05, 0.1) is 0 Å². The van der Waals surface area contributed by atoms with Crippen LogP contribution in [0.1, 0.15) is 50.3 Å². The number of hydrogen-bond donors (Lipinski definition) is 1. The summed E-state index contributed by atoms with van der Waals surface area (Å²) >= 11 is 0. The Labute approximate surface area is 111 Å². The van der Waals surface area contributed by atoms with E-state index in [1.54, 1.807) is 6.92 Å². The van der Waals surface area contributed by atoms with E-state index < -0.39 is 5.60 Å². The number of aliphatic hydroxyl groups is 1. The van der Waals surface area contributed by atoms with Crippen molar-refractivity contribution in [2.24, 2.45) is 5.92 Å². The van der Waals surface area contributed by atoms with Crippen LogP contribution in [0.4, 0.5) is 0 Å². The second-order valence-electron chi connectivity index (χ2n) is 5.62. The van der Waals surface area contributed by atoms with Gasteiger partial charge in [-0.1, -0.05) is 38.2 Å². The molecule has 0 radical (unpaired) electrons. The topological polar surface area (TPSA) is 20.2 Å². The molecule has 1 rings (SSSR count). The second-order valence-corrected chi connectivity index (χ2v) is 5.62. The Morgan fingerprint density at radius 3 is 2.28 bits per heavy atom. The van der Waals surface area contributed by atoms with E-state index in [0.29, 0.717) is 5.92 Å². The van der Waals surface area contributed by atoms with E-state index in [1.807, 2.05) is 0 Å². The van der Waals surface area contributed by atoms with Crippen LogP contribution in [0.15, 0.2) is 18.2 Å². The van der Waals surface area contributed by atoms with Crippen LogP contribution >= 0.6 is 0 Å². The molecule has 0 aliphatic carbocycles. The van der Waals surface area contributed by atoms with E-state index in [-0.39, 0.29) is 0 Å². The van der Waals surface area contributed by atoms with Gasteiger partial charge in [-0.3, -0.25) is 0 Å². The van der Waals surface area contributed by atoms with E-state index >= 15 is 0 Å². The van der Waals surface area contributed by atoms with Crippen LogP contribution in [-0.2, 0) is 0 Å². The molecule has 1 N–H and O–H groups in total. The van der Waals surface area contributed by atoms with E-state index in [9.17, 15) is 5.11 Å². The van der Waals surface area contributed by atoms with Gasteiger partial charge in [0, 0.05) is 5.56 Å². The molecule has 0 saturated heterocycles. The molecule has 0 spiro atoms. The highest BCUT2D eigenvalue weighted by Crippen LogP contribution is 2.18. The molecule has 1 aromatic rings. The Kier molecular flexibility index (Phi) is 4.99. The minimum atomic E-state index is -0.896. The lowest BCUT2D eigenvalue weighted by atomic mass is 9.92. The molecular formula is C17H24O. The van der Waals surface area contributed by atoms with Crippen LogP contribution < -0.4 is 0 Å². The third kappa shape index (κ3) is 4.94. The maximum Gasteiger partial charge on any atom is 0.123 e. The highest BCUT2D eigenvalue weighted by atomic mass is 16.3. The minimum Gasteiger partial charge on any atom is -0.378 e. The number of rotatable bonds is 3. The number of aryl methyl sites for hydroxylation is 2. The maximum absolute atomic E-state index is 10.2. The lowest BCUT2D eigenvalue weighted by molar-refractivity contribution is 0.0939. The lowest BCUT2D eigenvalue weighted by Crippen LogP contribution is -2.24. The van der Waals surface area contributed by atoms with E-state index in [4.69, 9.17) is 0 Å². The van der Waals surface area contributed by atoms with Gasteiger partial charge >= 0.3 is 0 Å². The van der Waals surface area contributed by atoms with Crippen LogP contribution in [0.25, 0.3) is 0 Å². The predicted molar refractivity (Wildman–Crippen MR) is 77.5 cm³/mol. The summed E-state index contributed by atoms with van der Waals surface area (Å²) in [6.45, 7) is 10.2. The van der Waals surface area contributed by atoms with Crippen LogP contribution in [-0.4, -0.2) is 10.7 Å². The van der Waals surface area contributed by atoms with Gasteiger partial charge in [0.2, 0.25) is 0 Å². The largest absolute Gasteiger partial charge is 0.378 e. The summed E-state index contributed by atoms with van der Waals surface area (Å²) < 4.78 is 0. The maximum atomic E-state index is 10.2. The Morgan fingerprint density at radius 1 is 1.22 bits per heavy atom. The molecule has 0 bridgehead atoms. The van der Waals surface area contributed by atoms with Crippen molar-refractivity contribution in [2.45, 2.75) is 53.1 Å². The van der Waals surface area contributed by atoms with Gasteiger partial charge in [0.25, 0.3) is 0 Å². The van der Waals surface area contributed by atoms with Crippen molar-refractivity contribution in [3.8, 4) is 11.8 Å². The molecule has 0 amide bonds. The van der Waals surface area contributed by atoms with Crippen LogP contribution in [0.5, 0.6) is 0 Å².